The highest BCUT2D eigenvalue weighted by Gasteiger charge is 2.22. The second-order valence-corrected chi connectivity index (χ2v) is 9.34. The van der Waals surface area contributed by atoms with Crippen molar-refractivity contribution in [3.05, 3.63) is 115 Å². The maximum absolute atomic E-state index is 6.83. The molecule has 0 amide bonds. The minimum atomic E-state index is 0.946. The largest absolute Gasteiger partial charge is 0.454 e. The number of hydrogen-bond donors (Lipinski definition) is 0. The van der Waals surface area contributed by atoms with Crippen LogP contribution in [-0.2, 0) is 7.05 Å². The Morgan fingerprint density at radius 3 is 2.20 bits per heavy atom. The third kappa shape index (κ3) is 3.00. The van der Waals surface area contributed by atoms with Gasteiger partial charge in [-0.2, -0.15) is 0 Å². The molecule has 2 heteroatoms. The molecule has 7 aromatic rings. The third-order valence-electron chi connectivity index (χ3n) is 7.24. The Morgan fingerprint density at radius 2 is 1.31 bits per heavy atom. The molecule has 35 heavy (non-hydrogen) atoms. The lowest BCUT2D eigenvalue weighted by atomic mass is 9.97. The number of aryl methyl sites for hydroxylation is 2. The van der Waals surface area contributed by atoms with E-state index in [9.17, 15) is 0 Å². The highest BCUT2D eigenvalue weighted by atomic mass is 16.3. The number of aromatic nitrogens is 1. The van der Waals surface area contributed by atoms with E-state index < -0.39 is 0 Å². The number of nitrogens with zero attached hydrogens (tertiary/aromatic N) is 1. The van der Waals surface area contributed by atoms with Gasteiger partial charge in [0.1, 0.15) is 18.2 Å². The van der Waals surface area contributed by atoms with Crippen molar-refractivity contribution in [1.82, 2.24) is 0 Å². The molecule has 0 aliphatic heterocycles. The Labute approximate surface area is 203 Å². The van der Waals surface area contributed by atoms with Crippen LogP contribution >= 0.6 is 0 Å². The molecule has 0 saturated heterocycles. The molecular formula is C33H24NO+. The van der Waals surface area contributed by atoms with Crippen LogP contribution in [0.5, 0.6) is 0 Å². The second-order valence-electron chi connectivity index (χ2n) is 9.34. The molecule has 0 radical (unpaired) electrons. The van der Waals surface area contributed by atoms with E-state index >= 15 is 0 Å². The Hall–Kier alpha value is -4.43. The molecule has 0 spiro atoms. The summed E-state index contributed by atoms with van der Waals surface area (Å²) in [7, 11) is 2.11. The number of hydrogen-bond acceptors (Lipinski definition) is 1. The summed E-state index contributed by atoms with van der Waals surface area (Å²) in [5.74, 6) is 0. The third-order valence-corrected chi connectivity index (χ3v) is 7.24. The van der Waals surface area contributed by atoms with Crippen LogP contribution in [0.4, 0.5) is 0 Å². The molecule has 5 aromatic carbocycles. The molecule has 0 saturated carbocycles. The standard InChI is InChI=1S/C33H24NO/c1-21-12-16-27-28-17-15-24-14-13-23-10-6-7-11-26(23)31(24)33(28)35-32(27)30(21)29-20-25(18-19-34(29)2)22-8-4-3-5-9-22/h3-20H,1-2H3/q+1. The molecule has 0 unspecified atom stereocenters. The molecule has 2 heterocycles. The summed E-state index contributed by atoms with van der Waals surface area (Å²) in [6.07, 6.45) is 2.14. The molecule has 0 aliphatic carbocycles. The molecule has 2 nitrogen and oxygen atoms in total. The molecule has 0 atom stereocenters. The minimum absolute atomic E-state index is 0.946. The van der Waals surface area contributed by atoms with Crippen molar-refractivity contribution in [2.24, 2.45) is 7.05 Å². The van der Waals surface area contributed by atoms with E-state index in [1.165, 1.54) is 38.2 Å². The van der Waals surface area contributed by atoms with Gasteiger partial charge in [0.05, 0.1) is 5.56 Å². The normalized spacial score (nSPS) is 11.7. The molecular weight excluding hydrogens is 426 g/mol. The van der Waals surface area contributed by atoms with Crippen molar-refractivity contribution >= 4 is 43.5 Å². The summed E-state index contributed by atoms with van der Waals surface area (Å²) < 4.78 is 9.02. The van der Waals surface area contributed by atoms with Crippen molar-refractivity contribution in [2.45, 2.75) is 6.92 Å². The average Bonchev–Trinajstić information content (AvgIpc) is 3.28. The number of pyridine rings is 1. The van der Waals surface area contributed by atoms with Gasteiger partial charge in [-0.3, -0.25) is 0 Å². The van der Waals surface area contributed by atoms with Gasteiger partial charge in [-0.05, 0) is 45.8 Å². The van der Waals surface area contributed by atoms with E-state index in [2.05, 4.69) is 128 Å². The van der Waals surface area contributed by atoms with Crippen LogP contribution in [0.3, 0.4) is 0 Å². The van der Waals surface area contributed by atoms with Crippen LogP contribution in [-0.4, -0.2) is 0 Å². The van der Waals surface area contributed by atoms with Gasteiger partial charge >= 0.3 is 0 Å². The molecule has 166 valence electrons. The van der Waals surface area contributed by atoms with Crippen molar-refractivity contribution in [1.29, 1.82) is 0 Å². The van der Waals surface area contributed by atoms with Gasteiger partial charge in [-0.15, -0.1) is 0 Å². The zero-order valence-electron chi connectivity index (χ0n) is 19.7. The second kappa shape index (κ2) is 7.54. The monoisotopic (exact) mass is 450 g/mol. The predicted molar refractivity (Wildman–Crippen MR) is 146 cm³/mol. The number of fused-ring (bicyclic) bond motifs is 7. The maximum Gasteiger partial charge on any atom is 0.216 e. The fourth-order valence-corrected chi connectivity index (χ4v) is 5.43. The minimum Gasteiger partial charge on any atom is -0.454 e. The molecule has 0 N–H and O–H groups in total. The van der Waals surface area contributed by atoms with Crippen LogP contribution in [0.15, 0.2) is 114 Å². The lowest BCUT2D eigenvalue weighted by Gasteiger charge is -2.08. The van der Waals surface area contributed by atoms with Crippen molar-refractivity contribution in [3.8, 4) is 22.4 Å². The first kappa shape index (κ1) is 20.0. The fraction of sp³-hybridized carbons (Fsp3) is 0.0606. The van der Waals surface area contributed by atoms with Gasteiger partial charge in [0.25, 0.3) is 0 Å². The van der Waals surface area contributed by atoms with E-state index in [0.29, 0.717) is 0 Å². The van der Waals surface area contributed by atoms with Crippen molar-refractivity contribution in [2.75, 3.05) is 0 Å². The Kier molecular flexibility index (Phi) is 4.31. The summed E-state index contributed by atoms with van der Waals surface area (Å²) in [4.78, 5) is 0. The highest BCUT2D eigenvalue weighted by molar-refractivity contribution is 6.24. The first-order valence-corrected chi connectivity index (χ1v) is 12.0. The molecule has 0 aliphatic rings. The lowest BCUT2D eigenvalue weighted by Crippen LogP contribution is -2.30. The molecule has 0 bridgehead atoms. The van der Waals surface area contributed by atoms with Gasteiger partial charge in [0.2, 0.25) is 5.69 Å². The Morgan fingerprint density at radius 1 is 0.600 bits per heavy atom. The van der Waals surface area contributed by atoms with Crippen LogP contribution in [0.2, 0.25) is 0 Å². The van der Waals surface area contributed by atoms with E-state index in [4.69, 9.17) is 4.42 Å². The average molecular weight is 451 g/mol. The summed E-state index contributed by atoms with van der Waals surface area (Å²) >= 11 is 0. The summed E-state index contributed by atoms with van der Waals surface area (Å²) in [6, 6.07) is 36.8. The molecule has 2 aromatic heterocycles. The first-order chi connectivity index (χ1) is 17.2. The lowest BCUT2D eigenvalue weighted by molar-refractivity contribution is -0.660. The van der Waals surface area contributed by atoms with Gasteiger partial charge in [0.15, 0.2) is 6.20 Å². The summed E-state index contributed by atoms with van der Waals surface area (Å²) in [5, 5.41) is 7.15. The van der Waals surface area contributed by atoms with E-state index in [-0.39, 0.29) is 0 Å². The SMILES string of the molecule is Cc1ccc2c(oc3c2ccc2ccc4ccccc4c23)c1-c1cc(-c2ccccc2)cc[n+]1C. The number of benzene rings is 5. The van der Waals surface area contributed by atoms with Gasteiger partial charge < -0.3 is 4.42 Å². The van der Waals surface area contributed by atoms with Crippen LogP contribution < -0.4 is 4.57 Å². The van der Waals surface area contributed by atoms with Gasteiger partial charge in [-0.25, -0.2) is 4.57 Å². The van der Waals surface area contributed by atoms with Crippen LogP contribution in [0, 0.1) is 6.92 Å². The molecule has 7 rings (SSSR count). The first-order valence-electron chi connectivity index (χ1n) is 12.0. The number of furan rings is 1. The van der Waals surface area contributed by atoms with E-state index in [0.717, 1.165) is 33.2 Å². The zero-order valence-corrected chi connectivity index (χ0v) is 19.7. The summed E-state index contributed by atoms with van der Waals surface area (Å²) in [5.41, 5.74) is 7.80. The van der Waals surface area contributed by atoms with E-state index in [1.54, 1.807) is 0 Å². The van der Waals surface area contributed by atoms with E-state index in [1.807, 2.05) is 0 Å². The topological polar surface area (TPSA) is 17.0 Å². The van der Waals surface area contributed by atoms with Crippen molar-refractivity contribution < 1.29 is 8.98 Å². The molecule has 0 fully saturated rings. The fourth-order valence-electron chi connectivity index (χ4n) is 5.43. The Bertz CT molecular complexity index is 1910. The highest BCUT2D eigenvalue weighted by Crippen LogP contribution is 2.41. The summed E-state index contributed by atoms with van der Waals surface area (Å²) in [6.45, 7) is 2.17. The predicted octanol–water partition coefficient (Wildman–Crippen LogP) is 8.36. The van der Waals surface area contributed by atoms with Crippen LogP contribution in [0.1, 0.15) is 5.56 Å². The smallest absolute Gasteiger partial charge is 0.216 e. The van der Waals surface area contributed by atoms with Gasteiger partial charge in [-0.1, -0.05) is 84.9 Å². The van der Waals surface area contributed by atoms with Crippen LogP contribution in [0.25, 0.3) is 65.9 Å². The maximum atomic E-state index is 6.83. The Balaban J connectivity index is 1.58. The van der Waals surface area contributed by atoms with Gasteiger partial charge in [0, 0.05) is 28.3 Å². The number of rotatable bonds is 2. The quantitative estimate of drug-likeness (QED) is 0.191. The van der Waals surface area contributed by atoms with Crippen molar-refractivity contribution in [3.63, 3.8) is 0 Å². The zero-order chi connectivity index (χ0) is 23.5.